The molecule has 0 radical (unpaired) electrons. The minimum absolute atomic E-state index is 0.0299. The minimum atomic E-state index is -1.21. The molecule has 3 aromatic rings. The van der Waals surface area contributed by atoms with Crippen molar-refractivity contribution in [3.63, 3.8) is 0 Å². The molecule has 2 amide bonds. The molecular weight excluding hydrogens is 503 g/mol. The maximum absolute atomic E-state index is 13.4. The van der Waals surface area contributed by atoms with Gasteiger partial charge in [-0.2, -0.15) is 0 Å². The molecule has 1 aliphatic rings. The van der Waals surface area contributed by atoms with Crippen LogP contribution in [0.1, 0.15) is 35.4 Å². The van der Waals surface area contributed by atoms with Gasteiger partial charge in [0.15, 0.2) is 0 Å². The number of hydrogen-bond donors (Lipinski definition) is 2. The van der Waals surface area contributed by atoms with Gasteiger partial charge in [0.05, 0.1) is 6.54 Å². The zero-order chi connectivity index (χ0) is 25.8. The van der Waals surface area contributed by atoms with Gasteiger partial charge in [-0.1, -0.05) is 77.8 Å². The van der Waals surface area contributed by atoms with Crippen molar-refractivity contribution in [3.05, 3.63) is 93.5 Å². The third kappa shape index (κ3) is 5.48. The molecule has 4 rings (SSSR count). The molecular formula is C27H24Cl2N2O5. The first-order chi connectivity index (χ1) is 17.3. The third-order valence-corrected chi connectivity index (χ3v) is 6.85. The first-order valence-corrected chi connectivity index (χ1v) is 12.1. The van der Waals surface area contributed by atoms with Gasteiger partial charge in [0.2, 0.25) is 5.91 Å². The first kappa shape index (κ1) is 25.5. The van der Waals surface area contributed by atoms with Crippen LogP contribution in [0.4, 0.5) is 4.79 Å². The summed E-state index contributed by atoms with van der Waals surface area (Å²) in [6.45, 7) is -0.0813. The number of carbonyl (C=O) groups is 3. The summed E-state index contributed by atoms with van der Waals surface area (Å²) in [6.07, 6.45) is -1.31. The van der Waals surface area contributed by atoms with Crippen LogP contribution in [0.3, 0.4) is 0 Å². The highest BCUT2D eigenvalue weighted by atomic mass is 35.5. The lowest BCUT2D eigenvalue weighted by atomic mass is 9.98. The number of carbonyl (C=O) groups excluding carboxylic acids is 2. The van der Waals surface area contributed by atoms with E-state index in [0.29, 0.717) is 15.6 Å². The Balaban J connectivity index is 1.60. The molecule has 0 heterocycles. The molecule has 0 aliphatic heterocycles. The van der Waals surface area contributed by atoms with Gasteiger partial charge in [-0.3, -0.25) is 14.5 Å². The molecule has 1 aliphatic carbocycles. The third-order valence-electron chi connectivity index (χ3n) is 6.26. The average molecular weight is 527 g/mol. The molecule has 3 N–H and O–H groups in total. The highest BCUT2D eigenvalue weighted by Crippen LogP contribution is 2.44. The van der Waals surface area contributed by atoms with Crippen LogP contribution >= 0.6 is 23.2 Å². The minimum Gasteiger partial charge on any atom is -0.481 e. The molecule has 9 heteroatoms. The fourth-order valence-corrected chi connectivity index (χ4v) is 4.99. The van der Waals surface area contributed by atoms with Gasteiger partial charge in [0, 0.05) is 22.4 Å². The summed E-state index contributed by atoms with van der Waals surface area (Å²) in [4.78, 5) is 38.0. The van der Waals surface area contributed by atoms with Gasteiger partial charge < -0.3 is 15.6 Å². The summed E-state index contributed by atoms with van der Waals surface area (Å²) < 4.78 is 5.74. The summed E-state index contributed by atoms with van der Waals surface area (Å²) in [6, 6.07) is 19.4. The Kier molecular flexibility index (Phi) is 7.82. The molecule has 0 unspecified atom stereocenters. The maximum Gasteiger partial charge on any atom is 0.410 e. The van der Waals surface area contributed by atoms with Crippen LogP contribution in [-0.2, 0) is 20.9 Å². The highest BCUT2D eigenvalue weighted by Gasteiger charge is 2.33. The molecule has 0 bridgehead atoms. The smallest absolute Gasteiger partial charge is 0.410 e. The number of benzene rings is 3. The largest absolute Gasteiger partial charge is 0.481 e. The number of primary amides is 1. The Morgan fingerprint density at radius 2 is 1.58 bits per heavy atom. The van der Waals surface area contributed by atoms with Crippen molar-refractivity contribution in [2.75, 3.05) is 6.61 Å². The van der Waals surface area contributed by atoms with E-state index < -0.39 is 24.0 Å². The molecule has 36 heavy (non-hydrogen) atoms. The lowest BCUT2D eigenvalue weighted by Crippen LogP contribution is -2.48. The lowest BCUT2D eigenvalue weighted by Gasteiger charge is -2.30. The average Bonchev–Trinajstić information content (AvgIpc) is 3.16. The Morgan fingerprint density at radius 3 is 2.14 bits per heavy atom. The Bertz CT molecular complexity index is 1270. The highest BCUT2D eigenvalue weighted by molar-refractivity contribution is 6.35. The fourth-order valence-electron chi connectivity index (χ4n) is 4.52. The van der Waals surface area contributed by atoms with Crippen LogP contribution in [0, 0.1) is 0 Å². The van der Waals surface area contributed by atoms with Gasteiger partial charge in [-0.25, -0.2) is 4.79 Å². The zero-order valence-electron chi connectivity index (χ0n) is 19.2. The summed E-state index contributed by atoms with van der Waals surface area (Å²) in [5.41, 5.74) is 10.3. The molecule has 7 nitrogen and oxygen atoms in total. The summed E-state index contributed by atoms with van der Waals surface area (Å²) in [5.74, 6) is -2.14. The van der Waals surface area contributed by atoms with Crippen LogP contribution in [0.15, 0.2) is 66.7 Å². The monoisotopic (exact) mass is 526 g/mol. The predicted octanol–water partition coefficient (Wildman–Crippen LogP) is 5.46. The lowest BCUT2D eigenvalue weighted by molar-refractivity contribution is -0.137. The number of nitrogens with two attached hydrogens (primary N) is 1. The second kappa shape index (κ2) is 11.0. The Hall–Kier alpha value is -3.55. The number of carboxylic acid groups (broad SMARTS) is 1. The number of amides is 2. The number of aliphatic carboxylic acids is 1. The SMILES string of the molecule is NC(=O)[C@H](CCC(=O)O)N(Cc1ccc(Cl)cc1Cl)C(=O)OCC1c2ccccc2-c2ccccc21. The van der Waals surface area contributed by atoms with E-state index in [9.17, 15) is 14.4 Å². The van der Waals surface area contributed by atoms with Crippen LogP contribution in [0.25, 0.3) is 11.1 Å². The second-order valence-corrected chi connectivity index (χ2v) is 9.36. The van der Waals surface area contributed by atoms with Crippen LogP contribution in [-0.4, -0.2) is 40.6 Å². The van der Waals surface area contributed by atoms with E-state index in [4.69, 9.17) is 38.8 Å². The van der Waals surface area contributed by atoms with Crippen molar-refractivity contribution in [1.82, 2.24) is 4.90 Å². The number of ether oxygens (including phenoxy) is 1. The van der Waals surface area contributed by atoms with Gasteiger partial charge in [0.1, 0.15) is 12.6 Å². The van der Waals surface area contributed by atoms with E-state index in [0.717, 1.165) is 27.2 Å². The Morgan fingerprint density at radius 1 is 0.972 bits per heavy atom. The van der Waals surface area contributed by atoms with Gasteiger partial charge in [-0.05, 0) is 46.4 Å². The van der Waals surface area contributed by atoms with E-state index >= 15 is 0 Å². The van der Waals surface area contributed by atoms with Gasteiger partial charge in [-0.15, -0.1) is 0 Å². The molecule has 186 valence electrons. The molecule has 0 saturated heterocycles. The van der Waals surface area contributed by atoms with E-state index in [2.05, 4.69) is 0 Å². The van der Waals surface area contributed by atoms with E-state index in [1.807, 2.05) is 48.5 Å². The number of nitrogens with zero attached hydrogens (tertiary/aromatic N) is 1. The second-order valence-electron chi connectivity index (χ2n) is 8.52. The fraction of sp³-hybridized carbons (Fsp3) is 0.222. The van der Waals surface area contributed by atoms with Crippen molar-refractivity contribution < 1.29 is 24.2 Å². The molecule has 0 fully saturated rings. The van der Waals surface area contributed by atoms with Crippen molar-refractivity contribution in [1.29, 1.82) is 0 Å². The standard InChI is InChI=1S/C27H24Cl2N2O5/c28-17-10-9-16(23(29)13-17)14-31(24(26(30)34)11-12-25(32)33)27(35)36-15-22-20-7-3-1-5-18(20)19-6-2-4-8-21(19)22/h1-10,13,22,24H,11-12,14-15H2,(H2,30,34)(H,32,33)/t24-/m0/s1. The van der Waals surface area contributed by atoms with E-state index in [-0.39, 0.29) is 31.9 Å². The van der Waals surface area contributed by atoms with Crippen molar-refractivity contribution >= 4 is 41.2 Å². The summed E-state index contributed by atoms with van der Waals surface area (Å²) in [5, 5.41) is 9.84. The van der Waals surface area contributed by atoms with E-state index in [1.165, 1.54) is 6.07 Å². The van der Waals surface area contributed by atoms with Gasteiger partial charge in [0.25, 0.3) is 0 Å². The first-order valence-electron chi connectivity index (χ1n) is 11.3. The van der Waals surface area contributed by atoms with Crippen LogP contribution in [0.5, 0.6) is 0 Å². The molecule has 1 atom stereocenters. The van der Waals surface area contributed by atoms with Crippen LogP contribution in [0.2, 0.25) is 10.0 Å². The molecule has 0 spiro atoms. The number of hydrogen-bond acceptors (Lipinski definition) is 4. The van der Waals surface area contributed by atoms with Crippen molar-refractivity contribution in [2.45, 2.75) is 31.3 Å². The van der Waals surface area contributed by atoms with Gasteiger partial charge >= 0.3 is 12.1 Å². The van der Waals surface area contributed by atoms with Crippen LogP contribution < -0.4 is 5.73 Å². The Labute approximate surface area is 218 Å². The van der Waals surface area contributed by atoms with E-state index in [1.54, 1.807) is 12.1 Å². The topological polar surface area (TPSA) is 110 Å². The predicted molar refractivity (Wildman–Crippen MR) is 137 cm³/mol. The normalized spacial score (nSPS) is 12.9. The summed E-state index contributed by atoms with van der Waals surface area (Å²) >= 11 is 12.3. The molecule has 0 saturated carbocycles. The number of rotatable bonds is 9. The number of halogens is 2. The quantitative estimate of drug-likeness (QED) is 0.384. The summed E-state index contributed by atoms with van der Waals surface area (Å²) in [7, 11) is 0. The molecule has 0 aromatic heterocycles. The zero-order valence-corrected chi connectivity index (χ0v) is 20.7. The maximum atomic E-state index is 13.4. The van der Waals surface area contributed by atoms with Crippen molar-refractivity contribution in [2.24, 2.45) is 5.73 Å². The van der Waals surface area contributed by atoms with Crippen molar-refractivity contribution in [3.8, 4) is 11.1 Å². The number of carboxylic acids is 1. The molecule has 3 aromatic carbocycles. The number of fused-ring (bicyclic) bond motifs is 3.